The third-order valence-corrected chi connectivity index (χ3v) is 6.43. The highest BCUT2D eigenvalue weighted by atomic mass is 32.2. The van der Waals surface area contributed by atoms with Crippen LogP contribution in [0.4, 0.5) is 0 Å². The van der Waals surface area contributed by atoms with Crippen molar-refractivity contribution in [1.82, 2.24) is 4.72 Å². The minimum atomic E-state index is -3.26. The van der Waals surface area contributed by atoms with Gasteiger partial charge in [-0.1, -0.05) is 25.7 Å². The van der Waals surface area contributed by atoms with Crippen molar-refractivity contribution in [3.8, 4) is 0 Å². The van der Waals surface area contributed by atoms with E-state index in [2.05, 4.69) is 4.72 Å². The molecular weight excluding hydrogens is 266 g/mol. The molecule has 0 aromatic heterocycles. The van der Waals surface area contributed by atoms with Gasteiger partial charge in [0.1, 0.15) is 0 Å². The monoisotopic (exact) mass is 289 g/mol. The number of aliphatic carboxylic acids is 1. The number of hydrogen-bond donors (Lipinski definition) is 2. The highest BCUT2D eigenvalue weighted by molar-refractivity contribution is 7.90. The van der Waals surface area contributed by atoms with E-state index in [4.69, 9.17) is 5.11 Å². The topological polar surface area (TPSA) is 83.5 Å². The van der Waals surface area contributed by atoms with Crippen LogP contribution in [0.2, 0.25) is 0 Å². The molecule has 2 N–H and O–H groups in total. The Morgan fingerprint density at radius 3 is 2.37 bits per heavy atom. The first-order valence-electron chi connectivity index (χ1n) is 7.22. The maximum Gasteiger partial charge on any atom is 0.306 e. The second kappa shape index (κ2) is 6.22. The summed E-state index contributed by atoms with van der Waals surface area (Å²) < 4.78 is 27.0. The van der Waals surface area contributed by atoms with Gasteiger partial charge in [-0.2, -0.15) is 0 Å². The average Bonchev–Trinajstić information content (AvgIpc) is 2.86. The normalized spacial score (nSPS) is 29.5. The van der Waals surface area contributed by atoms with Crippen LogP contribution in [0.5, 0.6) is 0 Å². The lowest BCUT2D eigenvalue weighted by molar-refractivity contribution is -0.142. The van der Waals surface area contributed by atoms with E-state index >= 15 is 0 Å². The van der Waals surface area contributed by atoms with E-state index in [1.54, 1.807) is 0 Å². The van der Waals surface area contributed by atoms with Gasteiger partial charge >= 0.3 is 5.97 Å². The molecule has 0 saturated heterocycles. The number of sulfonamides is 1. The number of carbonyl (C=O) groups is 1. The largest absolute Gasteiger partial charge is 0.481 e. The maximum atomic E-state index is 12.2. The molecule has 0 radical (unpaired) electrons. The molecule has 6 heteroatoms. The van der Waals surface area contributed by atoms with Crippen molar-refractivity contribution in [2.24, 2.45) is 11.8 Å². The standard InChI is InChI=1S/C13H23NO4S/c15-13(16)12-8-4-5-10(12)9-14-19(17,18)11-6-2-1-3-7-11/h10-12,14H,1-9H2,(H,15,16). The van der Waals surface area contributed by atoms with Gasteiger partial charge in [-0.05, 0) is 31.6 Å². The SMILES string of the molecule is O=C(O)C1CCCC1CNS(=O)(=O)C1CCCCC1. The molecule has 0 aromatic carbocycles. The lowest BCUT2D eigenvalue weighted by Gasteiger charge is -2.23. The van der Waals surface area contributed by atoms with Gasteiger partial charge in [-0.3, -0.25) is 4.79 Å². The van der Waals surface area contributed by atoms with Crippen LogP contribution in [-0.4, -0.2) is 31.3 Å². The van der Waals surface area contributed by atoms with Crippen molar-refractivity contribution >= 4 is 16.0 Å². The lowest BCUT2D eigenvalue weighted by Crippen LogP contribution is -2.39. The highest BCUT2D eigenvalue weighted by Crippen LogP contribution is 2.32. The molecule has 2 saturated carbocycles. The van der Waals surface area contributed by atoms with Gasteiger partial charge in [-0.15, -0.1) is 0 Å². The van der Waals surface area contributed by atoms with Gasteiger partial charge in [0.15, 0.2) is 0 Å². The van der Waals surface area contributed by atoms with Crippen LogP contribution in [0.25, 0.3) is 0 Å². The number of carboxylic acids is 1. The summed E-state index contributed by atoms with van der Waals surface area (Å²) in [5.41, 5.74) is 0. The fourth-order valence-corrected chi connectivity index (χ4v) is 4.96. The van der Waals surface area contributed by atoms with Gasteiger partial charge in [0.05, 0.1) is 11.2 Å². The third kappa shape index (κ3) is 3.69. The van der Waals surface area contributed by atoms with Crippen LogP contribution in [-0.2, 0) is 14.8 Å². The molecule has 0 amide bonds. The number of rotatable bonds is 5. The average molecular weight is 289 g/mol. The molecule has 0 aromatic rings. The quantitative estimate of drug-likeness (QED) is 0.807. The van der Waals surface area contributed by atoms with E-state index in [1.165, 1.54) is 0 Å². The van der Waals surface area contributed by atoms with Crippen LogP contribution in [0.15, 0.2) is 0 Å². The van der Waals surface area contributed by atoms with Gasteiger partial charge in [-0.25, -0.2) is 13.1 Å². The predicted molar refractivity (Wildman–Crippen MR) is 72.3 cm³/mol. The second-order valence-electron chi connectivity index (χ2n) is 5.79. The molecule has 2 fully saturated rings. The molecule has 0 aliphatic heterocycles. The molecule has 2 unspecified atom stereocenters. The van der Waals surface area contributed by atoms with Crippen LogP contribution in [0, 0.1) is 11.8 Å². The Labute approximate surface area is 114 Å². The second-order valence-corrected chi connectivity index (χ2v) is 7.83. The Bertz CT molecular complexity index is 414. The van der Waals surface area contributed by atoms with Crippen LogP contribution in [0.1, 0.15) is 51.4 Å². The summed E-state index contributed by atoms with van der Waals surface area (Å²) in [6.07, 6.45) is 6.92. The van der Waals surface area contributed by atoms with Crippen molar-refractivity contribution in [2.45, 2.75) is 56.6 Å². The van der Waals surface area contributed by atoms with E-state index in [0.29, 0.717) is 6.42 Å². The molecule has 2 atom stereocenters. The summed E-state index contributed by atoms with van der Waals surface area (Å²) >= 11 is 0. The van der Waals surface area contributed by atoms with Gasteiger partial charge in [0.2, 0.25) is 10.0 Å². The molecule has 2 aliphatic carbocycles. The van der Waals surface area contributed by atoms with Crippen molar-refractivity contribution in [1.29, 1.82) is 0 Å². The van der Waals surface area contributed by atoms with Crippen molar-refractivity contribution in [3.05, 3.63) is 0 Å². The Hall–Kier alpha value is -0.620. The van der Waals surface area contributed by atoms with Crippen molar-refractivity contribution in [3.63, 3.8) is 0 Å². The van der Waals surface area contributed by atoms with Gasteiger partial charge < -0.3 is 5.11 Å². The molecule has 110 valence electrons. The number of hydrogen-bond acceptors (Lipinski definition) is 3. The zero-order chi connectivity index (χ0) is 13.9. The van der Waals surface area contributed by atoms with Crippen LogP contribution >= 0.6 is 0 Å². The van der Waals surface area contributed by atoms with Crippen LogP contribution < -0.4 is 4.72 Å². The van der Waals surface area contributed by atoms with Crippen molar-refractivity contribution < 1.29 is 18.3 Å². The smallest absolute Gasteiger partial charge is 0.306 e. The molecule has 2 rings (SSSR count). The van der Waals surface area contributed by atoms with Crippen molar-refractivity contribution in [2.75, 3.05) is 6.54 Å². The Balaban J connectivity index is 1.88. The molecular formula is C13H23NO4S. The zero-order valence-corrected chi connectivity index (χ0v) is 12.0. The summed E-state index contributed by atoms with van der Waals surface area (Å²) in [6.45, 7) is 0.288. The molecule has 0 spiro atoms. The molecule has 19 heavy (non-hydrogen) atoms. The summed E-state index contributed by atoms with van der Waals surface area (Å²) in [5.74, 6) is -1.22. The minimum Gasteiger partial charge on any atom is -0.481 e. The summed E-state index contributed by atoms with van der Waals surface area (Å²) in [4.78, 5) is 11.1. The Morgan fingerprint density at radius 1 is 1.05 bits per heavy atom. The highest BCUT2D eigenvalue weighted by Gasteiger charge is 2.34. The van der Waals surface area contributed by atoms with E-state index in [0.717, 1.165) is 44.9 Å². The first-order valence-corrected chi connectivity index (χ1v) is 8.76. The van der Waals surface area contributed by atoms with E-state index < -0.39 is 16.0 Å². The summed E-state index contributed by atoms with van der Waals surface area (Å²) in [5, 5.41) is 8.81. The maximum absolute atomic E-state index is 12.2. The lowest BCUT2D eigenvalue weighted by atomic mass is 9.97. The van der Waals surface area contributed by atoms with Gasteiger partial charge in [0, 0.05) is 6.54 Å². The van der Waals surface area contributed by atoms with E-state index in [-0.39, 0.29) is 23.6 Å². The Morgan fingerprint density at radius 2 is 1.74 bits per heavy atom. The fourth-order valence-electron chi connectivity index (χ4n) is 3.32. The predicted octanol–water partition coefficient (Wildman–Crippen LogP) is 1.74. The molecule has 2 aliphatic rings. The zero-order valence-electron chi connectivity index (χ0n) is 11.2. The van der Waals surface area contributed by atoms with Gasteiger partial charge in [0.25, 0.3) is 0 Å². The van der Waals surface area contributed by atoms with Crippen LogP contribution in [0.3, 0.4) is 0 Å². The molecule has 5 nitrogen and oxygen atoms in total. The summed E-state index contributed by atoms with van der Waals surface area (Å²) in [7, 11) is -3.26. The molecule has 0 bridgehead atoms. The fraction of sp³-hybridized carbons (Fsp3) is 0.923. The first-order chi connectivity index (χ1) is 9.00. The molecule has 0 heterocycles. The number of nitrogens with one attached hydrogen (secondary N) is 1. The third-order valence-electron chi connectivity index (χ3n) is 4.51. The number of carboxylic acid groups (broad SMARTS) is 1. The minimum absolute atomic E-state index is 0.0455. The van der Waals surface area contributed by atoms with E-state index in [9.17, 15) is 13.2 Å². The van der Waals surface area contributed by atoms with E-state index in [1.807, 2.05) is 0 Å². The summed E-state index contributed by atoms with van der Waals surface area (Å²) in [6, 6.07) is 0. The Kier molecular flexibility index (Phi) is 4.84. The first kappa shape index (κ1) is 14.8.